The van der Waals surface area contributed by atoms with Crippen LogP contribution in [-0.2, 0) is 4.79 Å². The Bertz CT molecular complexity index is 1680. The molecule has 0 radical (unpaired) electrons. The zero-order valence-electron chi connectivity index (χ0n) is 19.8. The molecule has 0 spiro atoms. The molecule has 0 aliphatic rings. The van der Waals surface area contributed by atoms with Crippen molar-refractivity contribution in [2.75, 3.05) is 11.9 Å². The average Bonchev–Trinajstić information content (AvgIpc) is 2.93. The minimum absolute atomic E-state index is 0.170. The number of hydrogen-bond acceptors (Lipinski definition) is 5. The fourth-order valence-corrected chi connectivity index (χ4v) is 4.39. The summed E-state index contributed by atoms with van der Waals surface area (Å²) in [6, 6.07) is 28.6. The third-order valence-corrected chi connectivity index (χ3v) is 6.10. The van der Waals surface area contributed by atoms with E-state index in [0.29, 0.717) is 28.0 Å². The van der Waals surface area contributed by atoms with Crippen LogP contribution >= 0.6 is 23.2 Å². The number of benzene rings is 4. The van der Waals surface area contributed by atoms with Crippen LogP contribution < -0.4 is 15.6 Å². The van der Waals surface area contributed by atoms with Gasteiger partial charge in [0, 0.05) is 11.3 Å². The first-order valence-electron chi connectivity index (χ1n) is 11.6. The predicted molar refractivity (Wildman–Crippen MR) is 151 cm³/mol. The maximum Gasteiger partial charge on any atom is 0.282 e. The van der Waals surface area contributed by atoms with E-state index < -0.39 is 0 Å². The van der Waals surface area contributed by atoms with Crippen LogP contribution in [0.2, 0.25) is 10.0 Å². The van der Waals surface area contributed by atoms with Crippen LogP contribution in [0.5, 0.6) is 5.75 Å². The number of carbonyl (C=O) groups excluding carboxylic acids is 1. The van der Waals surface area contributed by atoms with Gasteiger partial charge in [0.25, 0.3) is 11.5 Å². The van der Waals surface area contributed by atoms with Crippen molar-refractivity contribution in [3.63, 3.8) is 0 Å². The van der Waals surface area contributed by atoms with Gasteiger partial charge in [0.1, 0.15) is 0 Å². The van der Waals surface area contributed by atoms with Crippen molar-refractivity contribution in [3.05, 3.63) is 123 Å². The lowest BCUT2D eigenvalue weighted by molar-refractivity contribution is -0.118. The van der Waals surface area contributed by atoms with E-state index in [-0.39, 0.29) is 33.9 Å². The number of para-hydroxylation sites is 2. The van der Waals surface area contributed by atoms with Crippen LogP contribution in [0, 0.1) is 0 Å². The van der Waals surface area contributed by atoms with Gasteiger partial charge in [-0.1, -0.05) is 83.9 Å². The molecule has 0 unspecified atom stereocenters. The fourth-order valence-electron chi connectivity index (χ4n) is 3.78. The van der Waals surface area contributed by atoms with E-state index in [0.717, 1.165) is 5.56 Å². The zero-order valence-corrected chi connectivity index (χ0v) is 21.4. The van der Waals surface area contributed by atoms with Crippen molar-refractivity contribution in [2.24, 2.45) is 5.10 Å². The fraction of sp³-hybridized carbons (Fsp3) is 0.0345. The van der Waals surface area contributed by atoms with Gasteiger partial charge >= 0.3 is 0 Å². The lowest BCUT2D eigenvalue weighted by Gasteiger charge is -2.11. The van der Waals surface area contributed by atoms with Crippen molar-refractivity contribution in [2.45, 2.75) is 0 Å². The number of nitrogens with zero attached hydrogens (tertiary/aromatic N) is 3. The van der Waals surface area contributed by atoms with Crippen molar-refractivity contribution in [1.82, 2.24) is 9.66 Å². The van der Waals surface area contributed by atoms with E-state index in [1.54, 1.807) is 42.5 Å². The molecule has 0 fully saturated rings. The molecule has 1 amide bonds. The molecule has 5 rings (SSSR count). The summed E-state index contributed by atoms with van der Waals surface area (Å²) in [5, 5.41) is 7.99. The van der Waals surface area contributed by atoms with Gasteiger partial charge in [-0.25, -0.2) is 4.98 Å². The Balaban J connectivity index is 1.41. The van der Waals surface area contributed by atoms with Gasteiger partial charge in [0.15, 0.2) is 18.2 Å². The standard InChI is InChI=1S/C29H20Cl2N4O3/c30-23-15-19(16-24(31)27(23)38-18-26(36)33-21-11-5-2-6-12-21)17-32-35-28(20-9-3-1-4-10-20)34-25-14-8-7-13-22(25)29(35)37/h1-17H,18H2,(H,33,36). The van der Waals surface area contributed by atoms with Gasteiger partial charge in [-0.2, -0.15) is 9.78 Å². The molecule has 4 aromatic carbocycles. The number of halogens is 2. The quantitative estimate of drug-likeness (QED) is 0.245. The monoisotopic (exact) mass is 542 g/mol. The maximum atomic E-state index is 13.3. The summed E-state index contributed by atoms with van der Waals surface area (Å²) in [6.07, 6.45) is 1.47. The normalized spacial score (nSPS) is 11.1. The Morgan fingerprint density at radius 1 is 0.921 bits per heavy atom. The highest BCUT2D eigenvalue weighted by molar-refractivity contribution is 6.37. The van der Waals surface area contributed by atoms with Crippen LogP contribution in [-0.4, -0.2) is 28.4 Å². The van der Waals surface area contributed by atoms with Crippen molar-refractivity contribution in [1.29, 1.82) is 0 Å². The number of nitrogens with one attached hydrogen (secondary N) is 1. The Morgan fingerprint density at radius 3 is 2.26 bits per heavy atom. The SMILES string of the molecule is O=C(COc1c(Cl)cc(C=Nn2c(-c3ccccc3)nc3ccccc3c2=O)cc1Cl)Nc1ccccc1. The summed E-state index contributed by atoms with van der Waals surface area (Å²) < 4.78 is 6.83. The molecule has 1 aromatic heterocycles. The molecule has 188 valence electrons. The maximum absolute atomic E-state index is 13.3. The molecular formula is C29H20Cl2N4O3. The zero-order chi connectivity index (χ0) is 26.5. The number of carbonyl (C=O) groups is 1. The predicted octanol–water partition coefficient (Wildman–Crippen LogP) is 6.27. The largest absolute Gasteiger partial charge is 0.481 e. The summed E-state index contributed by atoms with van der Waals surface area (Å²) in [7, 11) is 0. The number of ether oxygens (including phenoxy) is 1. The Kier molecular flexibility index (Phi) is 7.49. The van der Waals surface area contributed by atoms with Crippen molar-refractivity contribution < 1.29 is 9.53 Å². The topological polar surface area (TPSA) is 85.6 Å². The lowest BCUT2D eigenvalue weighted by Crippen LogP contribution is -2.20. The second kappa shape index (κ2) is 11.3. The van der Waals surface area contributed by atoms with Crippen LogP contribution in [0.4, 0.5) is 5.69 Å². The van der Waals surface area contributed by atoms with E-state index in [4.69, 9.17) is 27.9 Å². The molecular weight excluding hydrogens is 523 g/mol. The molecule has 9 heteroatoms. The molecule has 0 aliphatic heterocycles. The summed E-state index contributed by atoms with van der Waals surface area (Å²) in [6.45, 7) is -0.277. The third kappa shape index (κ3) is 5.59. The Hall–Kier alpha value is -4.46. The second-order valence-electron chi connectivity index (χ2n) is 8.20. The van der Waals surface area contributed by atoms with Crippen LogP contribution in [0.15, 0.2) is 107 Å². The second-order valence-corrected chi connectivity index (χ2v) is 9.01. The molecule has 0 saturated carbocycles. The molecule has 0 bridgehead atoms. The highest BCUT2D eigenvalue weighted by Crippen LogP contribution is 2.34. The van der Waals surface area contributed by atoms with Crippen molar-refractivity contribution >= 4 is 51.9 Å². The number of rotatable bonds is 7. The molecule has 0 saturated heterocycles. The van der Waals surface area contributed by atoms with E-state index in [9.17, 15) is 9.59 Å². The van der Waals surface area contributed by atoms with Gasteiger partial charge < -0.3 is 10.1 Å². The summed E-state index contributed by atoms with van der Waals surface area (Å²) in [5.74, 6) is 0.209. The summed E-state index contributed by atoms with van der Waals surface area (Å²) >= 11 is 12.8. The first-order chi connectivity index (χ1) is 18.5. The Morgan fingerprint density at radius 2 is 1.55 bits per heavy atom. The molecule has 5 aromatic rings. The smallest absolute Gasteiger partial charge is 0.282 e. The molecule has 0 atom stereocenters. The summed E-state index contributed by atoms with van der Waals surface area (Å²) in [4.78, 5) is 30.2. The van der Waals surface area contributed by atoms with Gasteiger partial charge in [0.05, 0.1) is 27.2 Å². The number of anilines is 1. The first kappa shape index (κ1) is 25.2. The van der Waals surface area contributed by atoms with Gasteiger partial charge in [-0.05, 0) is 42.0 Å². The molecule has 38 heavy (non-hydrogen) atoms. The highest BCUT2D eigenvalue weighted by atomic mass is 35.5. The van der Waals surface area contributed by atoms with Crippen molar-refractivity contribution in [3.8, 4) is 17.1 Å². The molecule has 7 nitrogen and oxygen atoms in total. The van der Waals surface area contributed by atoms with E-state index >= 15 is 0 Å². The minimum atomic E-state index is -0.356. The molecule has 1 N–H and O–H groups in total. The van der Waals surface area contributed by atoms with Gasteiger partial charge in [-0.3, -0.25) is 9.59 Å². The number of hydrogen-bond donors (Lipinski definition) is 1. The van der Waals surface area contributed by atoms with Crippen LogP contribution in [0.25, 0.3) is 22.3 Å². The van der Waals surface area contributed by atoms with Crippen LogP contribution in [0.3, 0.4) is 0 Å². The van der Waals surface area contributed by atoms with E-state index in [1.807, 2.05) is 54.6 Å². The third-order valence-electron chi connectivity index (χ3n) is 5.53. The number of aromatic nitrogens is 2. The van der Waals surface area contributed by atoms with Gasteiger partial charge in [0.2, 0.25) is 0 Å². The first-order valence-corrected chi connectivity index (χ1v) is 12.3. The molecule has 0 aliphatic carbocycles. The van der Waals surface area contributed by atoms with Crippen LogP contribution in [0.1, 0.15) is 5.56 Å². The number of amides is 1. The van der Waals surface area contributed by atoms with E-state index in [2.05, 4.69) is 15.4 Å². The van der Waals surface area contributed by atoms with Gasteiger partial charge in [-0.15, -0.1) is 0 Å². The minimum Gasteiger partial charge on any atom is -0.481 e. The number of fused-ring (bicyclic) bond motifs is 1. The average molecular weight is 543 g/mol. The summed E-state index contributed by atoms with van der Waals surface area (Å²) in [5.41, 5.74) is 2.18. The Labute approximate surface area is 227 Å². The molecule has 1 heterocycles. The highest BCUT2D eigenvalue weighted by Gasteiger charge is 2.14. The lowest BCUT2D eigenvalue weighted by atomic mass is 10.2. The van der Waals surface area contributed by atoms with E-state index in [1.165, 1.54) is 10.9 Å².